The maximum Gasteiger partial charge on any atom is 0.319 e. The number of urea groups is 1. The van der Waals surface area contributed by atoms with Gasteiger partial charge in [0.15, 0.2) is 0 Å². The summed E-state index contributed by atoms with van der Waals surface area (Å²) in [7, 11) is 0. The summed E-state index contributed by atoms with van der Waals surface area (Å²) in [6.07, 6.45) is 0. The number of nitrogens with zero attached hydrogens (tertiary/aromatic N) is 3. The van der Waals surface area contributed by atoms with Gasteiger partial charge in [-0.2, -0.15) is 9.61 Å². The fraction of sp³-hybridized carbons (Fsp3) is 0.100. The van der Waals surface area contributed by atoms with Crippen LogP contribution >= 0.6 is 22.9 Å². The number of nitrogens with one attached hydrogen (secondary N) is 2. The van der Waals surface area contributed by atoms with E-state index in [1.165, 1.54) is 21.9 Å². The lowest BCUT2D eigenvalue weighted by atomic mass is 10.2. The van der Waals surface area contributed by atoms with Crippen molar-refractivity contribution in [1.29, 1.82) is 0 Å². The Labute approximate surface area is 175 Å². The molecule has 0 atom stereocenters. The van der Waals surface area contributed by atoms with Crippen LogP contribution in [0.25, 0.3) is 15.5 Å². The highest BCUT2D eigenvalue weighted by Gasteiger charge is 2.11. The third-order valence-electron chi connectivity index (χ3n) is 4.11. The molecule has 0 fully saturated rings. The summed E-state index contributed by atoms with van der Waals surface area (Å²) in [5, 5.41) is 11.0. The van der Waals surface area contributed by atoms with Crippen molar-refractivity contribution in [3.05, 3.63) is 81.2 Å². The Kier molecular flexibility index (Phi) is 5.28. The molecule has 0 spiro atoms. The minimum Gasteiger partial charge on any atom is -0.332 e. The number of halogens is 1. The molecule has 0 aliphatic heterocycles. The van der Waals surface area contributed by atoms with Crippen LogP contribution in [0.5, 0.6) is 0 Å². The van der Waals surface area contributed by atoms with Gasteiger partial charge < -0.3 is 10.6 Å². The first-order valence-electron chi connectivity index (χ1n) is 8.75. The number of aromatic nitrogens is 3. The van der Waals surface area contributed by atoms with E-state index >= 15 is 0 Å². The van der Waals surface area contributed by atoms with E-state index in [0.717, 1.165) is 11.1 Å². The van der Waals surface area contributed by atoms with E-state index in [4.69, 9.17) is 11.6 Å². The molecular formula is C20H16ClN5O2S. The van der Waals surface area contributed by atoms with E-state index in [1.54, 1.807) is 24.3 Å². The van der Waals surface area contributed by atoms with Gasteiger partial charge in [-0.15, -0.1) is 0 Å². The lowest BCUT2D eigenvalue weighted by Gasteiger charge is -2.07. The van der Waals surface area contributed by atoms with Crippen molar-refractivity contribution < 1.29 is 4.79 Å². The smallest absolute Gasteiger partial charge is 0.319 e. The maximum atomic E-state index is 12.4. The van der Waals surface area contributed by atoms with Gasteiger partial charge in [0.05, 0.1) is 12.2 Å². The SMILES string of the molecule is Cc1ccc(-c2nn3c(=O)cc(CNC(=O)Nc4cccc(Cl)c4)nc3s2)cc1. The largest absolute Gasteiger partial charge is 0.332 e. The Bertz CT molecular complexity index is 1250. The Morgan fingerprint density at radius 2 is 1.97 bits per heavy atom. The predicted octanol–water partition coefficient (Wildman–Crippen LogP) is 4.10. The first-order chi connectivity index (χ1) is 14.0. The fourth-order valence-corrected chi connectivity index (χ4v) is 3.79. The van der Waals surface area contributed by atoms with Crippen molar-refractivity contribution >= 4 is 39.6 Å². The van der Waals surface area contributed by atoms with E-state index < -0.39 is 6.03 Å². The van der Waals surface area contributed by atoms with Crippen LogP contribution in [0.4, 0.5) is 10.5 Å². The van der Waals surface area contributed by atoms with Gasteiger partial charge in [0.2, 0.25) is 4.96 Å². The van der Waals surface area contributed by atoms with Crippen LogP contribution in [0.2, 0.25) is 5.02 Å². The second-order valence-corrected chi connectivity index (χ2v) is 7.76. The maximum absolute atomic E-state index is 12.4. The average Bonchev–Trinajstić information content (AvgIpc) is 3.12. The number of anilines is 1. The van der Waals surface area contributed by atoms with Gasteiger partial charge in [-0.05, 0) is 25.1 Å². The molecule has 4 rings (SSSR count). The van der Waals surface area contributed by atoms with Gasteiger partial charge >= 0.3 is 6.03 Å². The molecule has 2 amide bonds. The van der Waals surface area contributed by atoms with Gasteiger partial charge in [-0.1, -0.05) is 58.8 Å². The molecule has 0 saturated heterocycles. The van der Waals surface area contributed by atoms with E-state index in [0.29, 0.717) is 26.4 Å². The highest BCUT2D eigenvalue weighted by Crippen LogP contribution is 2.24. The Morgan fingerprint density at radius 3 is 2.72 bits per heavy atom. The standard InChI is InChI=1S/C20H16ClN5O2S/c1-12-5-7-13(8-6-12)18-25-26-17(27)10-16(24-20(26)29-18)11-22-19(28)23-15-4-2-3-14(21)9-15/h2-10H,11H2,1H3,(H2,22,23,28). The number of carbonyl (C=O) groups excluding carboxylic acids is 1. The molecule has 2 aromatic heterocycles. The van der Waals surface area contributed by atoms with Gasteiger partial charge in [0, 0.05) is 22.3 Å². The summed E-state index contributed by atoms with van der Waals surface area (Å²) < 4.78 is 1.27. The number of hydrogen-bond donors (Lipinski definition) is 2. The Balaban J connectivity index is 1.50. The first kappa shape index (κ1) is 19.1. The summed E-state index contributed by atoms with van der Waals surface area (Å²) in [4.78, 5) is 29.4. The fourth-order valence-electron chi connectivity index (χ4n) is 2.67. The highest BCUT2D eigenvalue weighted by molar-refractivity contribution is 7.19. The highest BCUT2D eigenvalue weighted by atomic mass is 35.5. The van der Waals surface area contributed by atoms with Gasteiger partial charge in [0.1, 0.15) is 5.01 Å². The molecule has 0 aliphatic carbocycles. The zero-order chi connectivity index (χ0) is 20.4. The zero-order valence-corrected chi connectivity index (χ0v) is 16.9. The molecule has 7 nitrogen and oxygen atoms in total. The normalized spacial score (nSPS) is 10.8. The van der Waals surface area contributed by atoms with Gasteiger partial charge in [-0.3, -0.25) is 4.79 Å². The number of hydrogen-bond acceptors (Lipinski definition) is 5. The average molecular weight is 426 g/mol. The summed E-state index contributed by atoms with van der Waals surface area (Å²) in [6, 6.07) is 15.7. The molecule has 0 aliphatic rings. The van der Waals surface area contributed by atoms with Crippen LogP contribution in [0.3, 0.4) is 0 Å². The van der Waals surface area contributed by atoms with Crippen molar-refractivity contribution in [2.75, 3.05) is 5.32 Å². The molecule has 2 aromatic carbocycles. The molecule has 0 bridgehead atoms. The van der Waals surface area contributed by atoms with Gasteiger partial charge in [-0.25, -0.2) is 9.78 Å². The topological polar surface area (TPSA) is 88.4 Å². The van der Waals surface area contributed by atoms with Crippen molar-refractivity contribution in [3.63, 3.8) is 0 Å². The summed E-state index contributed by atoms with van der Waals surface area (Å²) in [5.74, 6) is 0. The monoisotopic (exact) mass is 425 g/mol. The third-order valence-corrected chi connectivity index (χ3v) is 5.30. The first-order valence-corrected chi connectivity index (χ1v) is 9.95. The van der Waals surface area contributed by atoms with Crippen molar-refractivity contribution in [2.24, 2.45) is 0 Å². The molecule has 2 heterocycles. The number of fused-ring (bicyclic) bond motifs is 1. The van der Waals surface area contributed by atoms with Crippen LogP contribution < -0.4 is 16.2 Å². The molecule has 0 unspecified atom stereocenters. The molecule has 2 N–H and O–H groups in total. The van der Waals surface area contributed by atoms with Crippen LogP contribution in [0.1, 0.15) is 11.3 Å². The predicted molar refractivity (Wildman–Crippen MR) is 115 cm³/mol. The van der Waals surface area contributed by atoms with Gasteiger partial charge in [0.25, 0.3) is 5.56 Å². The van der Waals surface area contributed by atoms with E-state index in [9.17, 15) is 9.59 Å². The second kappa shape index (κ2) is 8.02. The van der Waals surface area contributed by atoms with E-state index in [2.05, 4.69) is 20.7 Å². The number of benzene rings is 2. The Hall–Kier alpha value is -3.23. The molecule has 29 heavy (non-hydrogen) atoms. The molecule has 0 saturated carbocycles. The van der Waals surface area contributed by atoms with E-state index in [-0.39, 0.29) is 12.1 Å². The van der Waals surface area contributed by atoms with Crippen LogP contribution in [-0.2, 0) is 6.54 Å². The van der Waals surface area contributed by atoms with Crippen molar-refractivity contribution in [1.82, 2.24) is 19.9 Å². The summed E-state index contributed by atoms with van der Waals surface area (Å²) in [5.41, 5.74) is 2.80. The lowest BCUT2D eigenvalue weighted by molar-refractivity contribution is 0.251. The number of amides is 2. The molecule has 4 aromatic rings. The summed E-state index contributed by atoms with van der Waals surface area (Å²) in [6.45, 7) is 2.12. The third kappa shape index (κ3) is 4.44. The summed E-state index contributed by atoms with van der Waals surface area (Å²) >= 11 is 7.23. The van der Waals surface area contributed by atoms with Crippen LogP contribution in [-0.4, -0.2) is 20.6 Å². The number of rotatable bonds is 4. The van der Waals surface area contributed by atoms with Crippen LogP contribution in [0.15, 0.2) is 59.4 Å². The van der Waals surface area contributed by atoms with Crippen molar-refractivity contribution in [2.45, 2.75) is 13.5 Å². The molecular weight excluding hydrogens is 410 g/mol. The molecule has 146 valence electrons. The van der Waals surface area contributed by atoms with Crippen LogP contribution in [0, 0.1) is 6.92 Å². The zero-order valence-electron chi connectivity index (χ0n) is 15.3. The minimum atomic E-state index is -0.418. The lowest BCUT2D eigenvalue weighted by Crippen LogP contribution is -2.29. The Morgan fingerprint density at radius 1 is 1.17 bits per heavy atom. The quantitative estimate of drug-likeness (QED) is 0.515. The minimum absolute atomic E-state index is 0.107. The number of carbonyl (C=O) groups is 1. The molecule has 0 radical (unpaired) electrons. The number of aryl methyl sites for hydroxylation is 1. The van der Waals surface area contributed by atoms with E-state index in [1.807, 2.05) is 31.2 Å². The molecule has 9 heteroatoms. The second-order valence-electron chi connectivity index (χ2n) is 6.37. The van der Waals surface area contributed by atoms with Crippen molar-refractivity contribution in [3.8, 4) is 10.6 Å².